The molecule has 0 aliphatic heterocycles. The van der Waals surface area contributed by atoms with E-state index in [0.717, 1.165) is 11.9 Å². The highest BCUT2D eigenvalue weighted by atomic mass is 32.2. The second-order valence-electron chi connectivity index (χ2n) is 5.13. The van der Waals surface area contributed by atoms with Gasteiger partial charge in [0.15, 0.2) is 0 Å². The molecule has 0 fully saturated rings. The Morgan fingerprint density at radius 3 is 2.32 bits per heavy atom. The van der Waals surface area contributed by atoms with E-state index in [1.807, 2.05) is 0 Å². The van der Waals surface area contributed by atoms with Crippen LogP contribution in [0.15, 0.2) is 59.5 Å². The largest absolute Gasteiger partial charge is 0.506 e. The van der Waals surface area contributed by atoms with Crippen molar-refractivity contribution in [2.45, 2.75) is 4.90 Å². The molecule has 3 aromatic carbocycles. The van der Waals surface area contributed by atoms with Gasteiger partial charge in [0.05, 0.1) is 4.92 Å². The van der Waals surface area contributed by atoms with E-state index in [0.29, 0.717) is 21.4 Å². The third-order valence-corrected chi connectivity index (χ3v) is 4.46. The molecule has 126 valence electrons. The molecule has 0 atom stereocenters. The normalized spacial score (nSPS) is 10.6. The number of nitrogens with one attached hydrogen (secondary N) is 1. The first-order valence-electron chi connectivity index (χ1n) is 7.12. The Kier molecular flexibility index (Phi) is 4.44. The van der Waals surface area contributed by atoms with Crippen LogP contribution < -0.4 is 4.72 Å². The number of fused-ring (bicyclic) bond motifs is 1. The average molecular weight is 356 g/mol. The number of non-ortho nitro benzene ring substituents is 1. The van der Waals surface area contributed by atoms with E-state index in [1.165, 1.54) is 18.2 Å². The van der Waals surface area contributed by atoms with Crippen molar-refractivity contribution in [3.05, 3.63) is 70.3 Å². The number of aromatic hydroxyl groups is 1. The molecule has 8 heteroatoms. The summed E-state index contributed by atoms with van der Waals surface area (Å²) in [7, 11) is 0. The number of nitrogens with zero attached hydrogens (tertiary/aromatic N) is 1. The summed E-state index contributed by atoms with van der Waals surface area (Å²) < 4.78 is 3.02. The van der Waals surface area contributed by atoms with Crippen molar-refractivity contribution in [3.8, 4) is 5.75 Å². The first-order valence-corrected chi connectivity index (χ1v) is 7.94. The Bertz CT molecular complexity index is 973. The van der Waals surface area contributed by atoms with Gasteiger partial charge in [0, 0.05) is 33.5 Å². The van der Waals surface area contributed by atoms with Crippen molar-refractivity contribution in [2.24, 2.45) is 0 Å². The fraction of sp³-hybridized carbons (Fsp3) is 0. The quantitative estimate of drug-likeness (QED) is 0.355. The molecule has 0 heterocycles. The third-order valence-electron chi connectivity index (χ3n) is 3.57. The topological polar surface area (TPSA) is 113 Å². The molecular formula is C17H12N2O5S. The van der Waals surface area contributed by atoms with Crippen LogP contribution in [-0.2, 0) is 0 Å². The van der Waals surface area contributed by atoms with E-state index in [-0.39, 0.29) is 17.0 Å². The fourth-order valence-corrected chi connectivity index (χ4v) is 3.17. The fourth-order valence-electron chi connectivity index (χ4n) is 2.34. The van der Waals surface area contributed by atoms with E-state index in [4.69, 9.17) is 0 Å². The first-order chi connectivity index (χ1) is 12.0. The molecule has 0 saturated carbocycles. The summed E-state index contributed by atoms with van der Waals surface area (Å²) in [6.45, 7) is 0. The molecule has 3 N–H and O–H groups in total. The molecule has 3 rings (SSSR count). The molecule has 0 bridgehead atoms. The second-order valence-corrected chi connectivity index (χ2v) is 5.98. The summed E-state index contributed by atoms with van der Waals surface area (Å²) in [5, 5.41) is 31.2. The molecule has 3 aromatic rings. The van der Waals surface area contributed by atoms with Crippen molar-refractivity contribution in [1.82, 2.24) is 0 Å². The summed E-state index contributed by atoms with van der Waals surface area (Å²) in [6.07, 6.45) is 0. The number of hydrogen-bond donors (Lipinski definition) is 3. The molecular weight excluding hydrogens is 344 g/mol. The number of anilines is 1. The summed E-state index contributed by atoms with van der Waals surface area (Å²) in [6, 6.07) is 14.2. The zero-order chi connectivity index (χ0) is 18.0. The Morgan fingerprint density at radius 1 is 1.08 bits per heavy atom. The summed E-state index contributed by atoms with van der Waals surface area (Å²) in [5.74, 6) is -1.50. The zero-order valence-electron chi connectivity index (χ0n) is 12.7. The van der Waals surface area contributed by atoms with Gasteiger partial charge in [0.1, 0.15) is 11.3 Å². The number of nitro benzene ring substituents is 1. The molecule has 0 aliphatic rings. The number of benzene rings is 3. The average Bonchev–Trinajstić information content (AvgIpc) is 2.61. The van der Waals surface area contributed by atoms with Crippen LogP contribution in [0, 0.1) is 10.1 Å². The molecule has 0 saturated heterocycles. The lowest BCUT2D eigenvalue weighted by atomic mass is 10.1. The second kappa shape index (κ2) is 6.70. The van der Waals surface area contributed by atoms with Gasteiger partial charge in [-0.1, -0.05) is 24.3 Å². The van der Waals surface area contributed by atoms with Crippen LogP contribution in [0.2, 0.25) is 0 Å². The maximum atomic E-state index is 11.3. The van der Waals surface area contributed by atoms with E-state index < -0.39 is 10.9 Å². The minimum absolute atomic E-state index is 0.0150. The van der Waals surface area contributed by atoms with Gasteiger partial charge in [0.25, 0.3) is 5.69 Å². The van der Waals surface area contributed by atoms with Gasteiger partial charge in [0.2, 0.25) is 0 Å². The lowest BCUT2D eigenvalue weighted by Gasteiger charge is -2.11. The third kappa shape index (κ3) is 3.33. The minimum atomic E-state index is -1.22. The minimum Gasteiger partial charge on any atom is -0.506 e. The highest BCUT2D eigenvalue weighted by Crippen LogP contribution is 2.37. The number of aromatic carboxylic acids is 1. The zero-order valence-corrected chi connectivity index (χ0v) is 13.5. The van der Waals surface area contributed by atoms with Crippen LogP contribution in [0.5, 0.6) is 5.75 Å². The SMILES string of the molecule is O=C(O)c1cc(SNc2ccc([N+](=O)[O-])cc2)c2ccccc2c1O. The van der Waals surface area contributed by atoms with Gasteiger partial charge >= 0.3 is 5.97 Å². The van der Waals surface area contributed by atoms with Gasteiger partial charge < -0.3 is 14.9 Å². The van der Waals surface area contributed by atoms with Gasteiger partial charge in [-0.05, 0) is 30.1 Å². The van der Waals surface area contributed by atoms with E-state index in [9.17, 15) is 25.1 Å². The van der Waals surface area contributed by atoms with Gasteiger partial charge in [-0.2, -0.15) is 0 Å². The standard InChI is InChI=1S/C17H12N2O5S/c20-16-13-4-2-1-3-12(13)15(9-14(16)17(21)22)25-18-10-5-7-11(8-6-10)19(23)24/h1-9,18,20H,(H,21,22). The van der Waals surface area contributed by atoms with Gasteiger partial charge in [-0.15, -0.1) is 0 Å². The Labute approximate surface area is 146 Å². The highest BCUT2D eigenvalue weighted by molar-refractivity contribution is 8.00. The van der Waals surface area contributed by atoms with Crippen molar-refractivity contribution in [1.29, 1.82) is 0 Å². The van der Waals surface area contributed by atoms with Crippen LogP contribution in [-0.4, -0.2) is 21.1 Å². The monoisotopic (exact) mass is 356 g/mol. The van der Waals surface area contributed by atoms with Crippen LogP contribution in [0.25, 0.3) is 10.8 Å². The van der Waals surface area contributed by atoms with Crippen molar-refractivity contribution < 1.29 is 19.9 Å². The summed E-state index contributed by atoms with van der Waals surface area (Å²) in [4.78, 5) is 22.1. The Hall–Kier alpha value is -3.26. The molecule has 0 unspecified atom stereocenters. The predicted octanol–water partition coefficient (Wildman–Crippen LogP) is 4.27. The van der Waals surface area contributed by atoms with E-state index in [2.05, 4.69) is 4.72 Å². The van der Waals surface area contributed by atoms with Crippen molar-refractivity contribution >= 4 is 40.1 Å². The summed E-state index contributed by atoms with van der Waals surface area (Å²) in [5.41, 5.74) is 0.426. The predicted molar refractivity (Wildman–Crippen MR) is 95.1 cm³/mol. The highest BCUT2D eigenvalue weighted by Gasteiger charge is 2.16. The summed E-state index contributed by atoms with van der Waals surface area (Å²) >= 11 is 1.16. The Balaban J connectivity index is 1.94. The number of phenols is 1. The smallest absolute Gasteiger partial charge is 0.339 e. The number of carboxylic acid groups (broad SMARTS) is 1. The van der Waals surface area contributed by atoms with E-state index >= 15 is 0 Å². The number of carbonyl (C=O) groups is 1. The number of hydrogen-bond acceptors (Lipinski definition) is 6. The van der Waals surface area contributed by atoms with Crippen LogP contribution in [0.3, 0.4) is 0 Å². The lowest BCUT2D eigenvalue weighted by molar-refractivity contribution is -0.384. The van der Waals surface area contributed by atoms with Crippen molar-refractivity contribution in [3.63, 3.8) is 0 Å². The Morgan fingerprint density at radius 2 is 1.72 bits per heavy atom. The molecule has 25 heavy (non-hydrogen) atoms. The van der Waals surface area contributed by atoms with Crippen LogP contribution in [0.1, 0.15) is 10.4 Å². The first kappa shape index (κ1) is 16.6. The van der Waals surface area contributed by atoms with Crippen molar-refractivity contribution in [2.75, 3.05) is 4.72 Å². The molecule has 7 nitrogen and oxygen atoms in total. The number of nitro groups is 1. The van der Waals surface area contributed by atoms with Crippen LogP contribution >= 0.6 is 11.9 Å². The molecule has 0 spiro atoms. The number of rotatable bonds is 5. The number of carboxylic acids is 1. The van der Waals surface area contributed by atoms with Gasteiger partial charge in [-0.3, -0.25) is 10.1 Å². The van der Waals surface area contributed by atoms with E-state index in [1.54, 1.807) is 36.4 Å². The molecule has 0 aliphatic carbocycles. The van der Waals surface area contributed by atoms with Gasteiger partial charge in [-0.25, -0.2) is 4.79 Å². The maximum Gasteiger partial charge on any atom is 0.339 e. The molecule has 0 amide bonds. The van der Waals surface area contributed by atoms with Crippen LogP contribution in [0.4, 0.5) is 11.4 Å². The molecule has 0 aromatic heterocycles. The maximum absolute atomic E-state index is 11.3. The lowest BCUT2D eigenvalue weighted by Crippen LogP contribution is -1.99. The molecule has 0 radical (unpaired) electrons.